The Kier molecular flexibility index (Phi) is 3.04. The fourth-order valence-electron chi connectivity index (χ4n) is 3.49. The minimum absolute atomic E-state index is 0.0974. The molecular weight excluding hydrogens is 296 g/mol. The molecule has 1 saturated heterocycles. The molecule has 0 aromatic carbocycles. The Hall–Kier alpha value is -1.82. The third-order valence-electron chi connectivity index (χ3n) is 4.58. The van der Waals surface area contributed by atoms with Crippen LogP contribution in [0.4, 0.5) is 11.4 Å². The van der Waals surface area contributed by atoms with E-state index in [1.54, 1.807) is 0 Å². The van der Waals surface area contributed by atoms with Gasteiger partial charge < -0.3 is 16.0 Å². The summed E-state index contributed by atoms with van der Waals surface area (Å²) >= 11 is 1.41. The third-order valence-corrected chi connectivity index (χ3v) is 5.69. The highest BCUT2D eigenvalue weighted by atomic mass is 32.1. The van der Waals surface area contributed by atoms with Crippen LogP contribution in [0.25, 0.3) is 10.2 Å². The first-order valence-electron chi connectivity index (χ1n) is 7.83. The monoisotopic (exact) mass is 316 g/mol. The first-order valence-corrected chi connectivity index (χ1v) is 8.65. The zero-order valence-corrected chi connectivity index (χ0v) is 13.7. The quantitative estimate of drug-likeness (QED) is 0.893. The normalized spacial score (nSPS) is 17.3. The summed E-state index contributed by atoms with van der Waals surface area (Å²) in [5.41, 5.74) is 9.22. The molecule has 0 radical (unpaired) electrons. The Morgan fingerprint density at radius 1 is 1.45 bits per heavy atom. The summed E-state index contributed by atoms with van der Waals surface area (Å²) in [6, 6.07) is 2.24. The number of carbonyl (C=O) groups is 1. The SMILES string of the molecule is CC(C)NC(=O)c1sc2nc3c(cc2c1N)N1CCC3CC1. The lowest BCUT2D eigenvalue weighted by molar-refractivity contribution is 0.0948. The number of anilines is 2. The molecule has 1 amide bonds. The largest absolute Gasteiger partial charge is 0.397 e. The van der Waals surface area contributed by atoms with E-state index < -0.39 is 0 Å². The van der Waals surface area contributed by atoms with Gasteiger partial charge >= 0.3 is 0 Å². The molecule has 3 aliphatic heterocycles. The third kappa shape index (κ3) is 1.97. The van der Waals surface area contributed by atoms with Crippen LogP contribution in [0.3, 0.4) is 0 Å². The van der Waals surface area contributed by atoms with E-state index in [4.69, 9.17) is 10.7 Å². The first kappa shape index (κ1) is 13.8. The summed E-state index contributed by atoms with van der Waals surface area (Å²) < 4.78 is 0. The fourth-order valence-corrected chi connectivity index (χ4v) is 4.48. The number of thiophene rings is 1. The number of pyridine rings is 1. The number of rotatable bonds is 2. The lowest BCUT2D eigenvalue weighted by atomic mass is 9.86. The van der Waals surface area contributed by atoms with Crippen molar-refractivity contribution in [3.05, 3.63) is 16.6 Å². The van der Waals surface area contributed by atoms with Gasteiger partial charge in [0, 0.05) is 30.4 Å². The minimum atomic E-state index is -0.100. The molecule has 3 aliphatic rings. The molecule has 1 fully saturated rings. The molecule has 5 rings (SSSR count). The van der Waals surface area contributed by atoms with Crippen molar-refractivity contribution in [1.82, 2.24) is 10.3 Å². The van der Waals surface area contributed by atoms with E-state index in [9.17, 15) is 4.79 Å². The average molecular weight is 316 g/mol. The molecule has 5 heterocycles. The molecule has 2 aromatic heterocycles. The van der Waals surface area contributed by atoms with Gasteiger partial charge in [-0.05, 0) is 32.8 Å². The molecule has 0 saturated carbocycles. The van der Waals surface area contributed by atoms with Crippen molar-refractivity contribution in [2.45, 2.75) is 38.6 Å². The average Bonchev–Trinajstić information content (AvgIpc) is 2.83. The van der Waals surface area contributed by atoms with E-state index >= 15 is 0 Å². The summed E-state index contributed by atoms with van der Waals surface area (Å²) in [5.74, 6) is 0.470. The maximum atomic E-state index is 12.3. The van der Waals surface area contributed by atoms with Crippen molar-refractivity contribution >= 4 is 38.8 Å². The van der Waals surface area contributed by atoms with Gasteiger partial charge in [0.05, 0.1) is 17.1 Å². The highest BCUT2D eigenvalue weighted by molar-refractivity contribution is 7.21. The van der Waals surface area contributed by atoms with Crippen LogP contribution in [-0.4, -0.2) is 30.0 Å². The molecule has 0 atom stereocenters. The van der Waals surface area contributed by atoms with Crippen LogP contribution in [0.1, 0.15) is 48.0 Å². The number of hydrogen-bond donors (Lipinski definition) is 2. The predicted octanol–water partition coefficient (Wildman–Crippen LogP) is 2.71. The Balaban J connectivity index is 1.84. The Morgan fingerprint density at radius 3 is 2.86 bits per heavy atom. The number of nitrogen functional groups attached to an aromatic ring is 1. The molecular formula is C16H20N4OS. The van der Waals surface area contributed by atoms with E-state index in [1.165, 1.54) is 35.6 Å². The van der Waals surface area contributed by atoms with E-state index in [1.807, 2.05) is 13.8 Å². The number of amides is 1. The smallest absolute Gasteiger partial charge is 0.263 e. The second-order valence-corrected chi connectivity index (χ2v) is 7.48. The number of nitrogens with two attached hydrogens (primary N) is 1. The molecule has 0 spiro atoms. The van der Waals surface area contributed by atoms with Crippen LogP contribution in [0, 0.1) is 0 Å². The molecule has 3 N–H and O–H groups in total. The molecule has 0 aliphatic carbocycles. The van der Waals surface area contributed by atoms with E-state index in [2.05, 4.69) is 16.3 Å². The van der Waals surface area contributed by atoms with E-state index in [0.717, 1.165) is 23.3 Å². The number of fused-ring (bicyclic) bond motifs is 3. The number of carbonyl (C=O) groups excluding carboxylic acids is 1. The molecule has 2 bridgehead atoms. The highest BCUT2D eigenvalue weighted by Crippen LogP contribution is 2.44. The van der Waals surface area contributed by atoms with Gasteiger partial charge in [0.15, 0.2) is 0 Å². The van der Waals surface area contributed by atoms with Crippen molar-refractivity contribution in [2.75, 3.05) is 23.7 Å². The van der Waals surface area contributed by atoms with Gasteiger partial charge in [-0.3, -0.25) is 4.79 Å². The predicted molar refractivity (Wildman–Crippen MR) is 90.8 cm³/mol. The van der Waals surface area contributed by atoms with E-state index in [-0.39, 0.29) is 11.9 Å². The Morgan fingerprint density at radius 2 is 2.18 bits per heavy atom. The minimum Gasteiger partial charge on any atom is -0.397 e. The van der Waals surface area contributed by atoms with Crippen LogP contribution in [0.15, 0.2) is 6.07 Å². The van der Waals surface area contributed by atoms with Gasteiger partial charge in [-0.15, -0.1) is 11.3 Å². The zero-order chi connectivity index (χ0) is 15.4. The lowest BCUT2D eigenvalue weighted by Crippen LogP contribution is -2.39. The molecule has 116 valence electrons. The summed E-state index contributed by atoms with van der Waals surface area (Å²) in [4.78, 5) is 21.0. The van der Waals surface area contributed by atoms with Crippen molar-refractivity contribution < 1.29 is 4.79 Å². The number of nitrogens with zero attached hydrogens (tertiary/aromatic N) is 2. The van der Waals surface area contributed by atoms with Crippen molar-refractivity contribution in [3.63, 3.8) is 0 Å². The van der Waals surface area contributed by atoms with Crippen LogP contribution in [-0.2, 0) is 0 Å². The summed E-state index contributed by atoms with van der Waals surface area (Å²) in [7, 11) is 0. The van der Waals surface area contributed by atoms with Gasteiger partial charge in [-0.25, -0.2) is 4.98 Å². The van der Waals surface area contributed by atoms with Crippen LogP contribution in [0.5, 0.6) is 0 Å². The number of piperidine rings is 1. The van der Waals surface area contributed by atoms with Crippen LogP contribution < -0.4 is 16.0 Å². The van der Waals surface area contributed by atoms with Crippen LogP contribution in [0.2, 0.25) is 0 Å². The van der Waals surface area contributed by atoms with Gasteiger partial charge in [-0.1, -0.05) is 0 Å². The second-order valence-electron chi connectivity index (χ2n) is 6.48. The molecule has 22 heavy (non-hydrogen) atoms. The van der Waals surface area contributed by atoms with Gasteiger partial charge in [0.1, 0.15) is 9.71 Å². The molecule has 6 heteroatoms. The number of aromatic nitrogens is 1. The standard InChI is InChI=1S/C16H20N4OS/c1-8(2)18-15(21)14-12(17)10-7-11-13(19-16(10)22-14)9-3-5-20(11)6-4-9/h7-9H,3-6,17H2,1-2H3,(H,18,21). The van der Waals surface area contributed by atoms with Crippen LogP contribution >= 0.6 is 11.3 Å². The van der Waals surface area contributed by atoms with Gasteiger partial charge in [-0.2, -0.15) is 0 Å². The van der Waals surface area contributed by atoms with E-state index in [0.29, 0.717) is 16.5 Å². The fraction of sp³-hybridized carbons (Fsp3) is 0.500. The lowest BCUT2D eigenvalue weighted by Gasteiger charge is -2.41. The second kappa shape index (κ2) is 4.84. The molecule has 5 nitrogen and oxygen atoms in total. The van der Waals surface area contributed by atoms with Crippen molar-refractivity contribution in [2.24, 2.45) is 0 Å². The topological polar surface area (TPSA) is 71.2 Å². The highest BCUT2D eigenvalue weighted by Gasteiger charge is 2.33. The Bertz CT molecular complexity index is 759. The van der Waals surface area contributed by atoms with Gasteiger partial charge in [0.25, 0.3) is 5.91 Å². The summed E-state index contributed by atoms with van der Waals surface area (Å²) in [5, 5.41) is 3.84. The number of hydrogen-bond acceptors (Lipinski definition) is 5. The Labute approximate surface area is 133 Å². The summed E-state index contributed by atoms with van der Waals surface area (Å²) in [6.07, 6.45) is 2.38. The molecule has 2 aromatic rings. The maximum Gasteiger partial charge on any atom is 0.263 e. The zero-order valence-electron chi connectivity index (χ0n) is 12.8. The van der Waals surface area contributed by atoms with Crippen molar-refractivity contribution in [3.8, 4) is 0 Å². The first-order chi connectivity index (χ1) is 10.5. The van der Waals surface area contributed by atoms with Gasteiger partial charge in [0.2, 0.25) is 0 Å². The number of nitrogens with one attached hydrogen (secondary N) is 1. The summed E-state index contributed by atoms with van der Waals surface area (Å²) in [6.45, 7) is 6.11. The maximum absolute atomic E-state index is 12.3. The molecule has 0 unspecified atom stereocenters. The van der Waals surface area contributed by atoms with Crippen molar-refractivity contribution in [1.29, 1.82) is 0 Å².